The van der Waals surface area contributed by atoms with Crippen LogP contribution < -0.4 is 15.4 Å². The quantitative estimate of drug-likeness (QED) is 0.860. The largest absolute Gasteiger partial charge is 0.489 e. The first-order valence-corrected chi connectivity index (χ1v) is 9.14. The van der Waals surface area contributed by atoms with E-state index >= 15 is 0 Å². The Bertz CT molecular complexity index is 802. The maximum absolute atomic E-state index is 13.2. The van der Waals surface area contributed by atoms with Crippen LogP contribution in [0.4, 0.5) is 10.1 Å². The zero-order chi connectivity index (χ0) is 18.0. The molecule has 2 aromatic carbocycles. The monoisotopic (exact) mass is 354 g/mol. The third kappa shape index (κ3) is 3.73. The highest BCUT2D eigenvalue weighted by atomic mass is 19.1. The highest BCUT2D eigenvalue weighted by Gasteiger charge is 2.57. The number of benzene rings is 2. The Morgan fingerprint density at radius 2 is 2.00 bits per heavy atom. The summed E-state index contributed by atoms with van der Waals surface area (Å²) in [5.74, 6) is 0.428. The summed E-state index contributed by atoms with van der Waals surface area (Å²) in [7, 11) is 0. The molecule has 1 aliphatic heterocycles. The lowest BCUT2D eigenvalue weighted by Crippen LogP contribution is -2.31. The van der Waals surface area contributed by atoms with Gasteiger partial charge in [-0.25, -0.2) is 4.39 Å². The van der Waals surface area contributed by atoms with E-state index in [1.54, 1.807) is 12.1 Å². The minimum absolute atomic E-state index is 0.120. The normalized spacial score (nSPS) is 20.6. The van der Waals surface area contributed by atoms with Crippen molar-refractivity contribution in [3.8, 4) is 5.75 Å². The molecule has 0 bridgehead atoms. The minimum atomic E-state index is -0.320. The van der Waals surface area contributed by atoms with Gasteiger partial charge in [-0.15, -0.1) is 0 Å². The molecule has 5 heteroatoms. The smallest absolute Gasteiger partial charge is 0.228 e. The van der Waals surface area contributed by atoms with E-state index in [1.165, 1.54) is 12.1 Å². The third-order valence-corrected chi connectivity index (χ3v) is 5.50. The number of halogens is 1. The van der Waals surface area contributed by atoms with Crippen molar-refractivity contribution in [2.24, 2.45) is 11.3 Å². The van der Waals surface area contributed by atoms with E-state index in [9.17, 15) is 9.18 Å². The number of hydrogen-bond donors (Lipinski definition) is 2. The van der Waals surface area contributed by atoms with Gasteiger partial charge in [0.2, 0.25) is 5.91 Å². The molecule has 136 valence electrons. The summed E-state index contributed by atoms with van der Waals surface area (Å²) in [4.78, 5) is 12.6. The molecule has 1 spiro atoms. The number of ether oxygens (including phenoxy) is 1. The van der Waals surface area contributed by atoms with Crippen molar-refractivity contribution in [2.45, 2.75) is 25.9 Å². The third-order valence-electron chi connectivity index (χ3n) is 5.50. The second-order valence-corrected chi connectivity index (χ2v) is 7.30. The van der Waals surface area contributed by atoms with Crippen LogP contribution in [0.1, 0.15) is 24.8 Å². The van der Waals surface area contributed by atoms with Crippen LogP contribution in [-0.4, -0.2) is 19.0 Å². The molecule has 4 nitrogen and oxygen atoms in total. The number of nitrogens with one attached hydrogen (secondary N) is 2. The SMILES string of the molecule is O=C(Nc1cccc(COc2cccc(F)c2)c1)C1CC12CCNCC2. The number of hydrogen-bond acceptors (Lipinski definition) is 3. The zero-order valence-electron chi connectivity index (χ0n) is 14.6. The number of piperidine rings is 1. The van der Waals surface area contributed by atoms with Crippen LogP contribution >= 0.6 is 0 Å². The van der Waals surface area contributed by atoms with Crippen LogP contribution in [0.2, 0.25) is 0 Å². The van der Waals surface area contributed by atoms with E-state index in [-0.39, 0.29) is 23.1 Å². The van der Waals surface area contributed by atoms with Crippen molar-refractivity contribution < 1.29 is 13.9 Å². The van der Waals surface area contributed by atoms with Crippen LogP contribution in [0.15, 0.2) is 48.5 Å². The van der Waals surface area contributed by atoms with Crippen LogP contribution in [-0.2, 0) is 11.4 Å². The van der Waals surface area contributed by atoms with Crippen molar-refractivity contribution in [3.63, 3.8) is 0 Å². The summed E-state index contributed by atoms with van der Waals surface area (Å²) in [5.41, 5.74) is 1.94. The predicted octanol–water partition coefficient (Wildman–Crippen LogP) is 3.73. The first-order valence-electron chi connectivity index (χ1n) is 9.14. The van der Waals surface area contributed by atoms with E-state index in [2.05, 4.69) is 10.6 Å². The summed E-state index contributed by atoms with van der Waals surface area (Å²) in [6.45, 7) is 2.35. The molecule has 1 unspecified atom stereocenters. The molecule has 4 rings (SSSR count). The molecule has 0 radical (unpaired) electrons. The topological polar surface area (TPSA) is 50.4 Å². The Labute approximate surface area is 152 Å². The van der Waals surface area contributed by atoms with Crippen molar-refractivity contribution in [2.75, 3.05) is 18.4 Å². The van der Waals surface area contributed by atoms with Gasteiger partial charge in [-0.05, 0) is 67.6 Å². The molecule has 1 aliphatic carbocycles. The van der Waals surface area contributed by atoms with Crippen molar-refractivity contribution in [1.29, 1.82) is 0 Å². The number of carbonyl (C=O) groups excluding carboxylic acids is 1. The molecule has 1 saturated carbocycles. The maximum Gasteiger partial charge on any atom is 0.228 e. The van der Waals surface area contributed by atoms with Crippen LogP contribution in [0.25, 0.3) is 0 Å². The second-order valence-electron chi connectivity index (χ2n) is 7.30. The summed E-state index contributed by atoms with van der Waals surface area (Å²) in [5, 5.41) is 6.41. The molecule has 2 N–H and O–H groups in total. The van der Waals surface area contributed by atoms with E-state index in [1.807, 2.05) is 24.3 Å². The Morgan fingerprint density at radius 3 is 2.81 bits per heavy atom. The number of carbonyl (C=O) groups is 1. The van der Waals surface area contributed by atoms with E-state index in [0.29, 0.717) is 12.4 Å². The summed E-state index contributed by atoms with van der Waals surface area (Å²) >= 11 is 0. The zero-order valence-corrected chi connectivity index (χ0v) is 14.6. The van der Waals surface area contributed by atoms with Crippen LogP contribution in [0, 0.1) is 17.2 Å². The average molecular weight is 354 g/mol. The molecule has 2 aliphatic rings. The van der Waals surface area contributed by atoms with E-state index in [0.717, 1.165) is 43.6 Å². The van der Waals surface area contributed by atoms with Gasteiger partial charge < -0.3 is 15.4 Å². The minimum Gasteiger partial charge on any atom is -0.489 e. The van der Waals surface area contributed by atoms with Crippen LogP contribution in [0.5, 0.6) is 5.75 Å². The molecule has 1 atom stereocenters. The second kappa shape index (κ2) is 7.08. The lowest BCUT2D eigenvalue weighted by molar-refractivity contribution is -0.118. The van der Waals surface area contributed by atoms with Crippen molar-refractivity contribution >= 4 is 11.6 Å². The number of amides is 1. The first-order chi connectivity index (χ1) is 12.6. The van der Waals surface area contributed by atoms with E-state index in [4.69, 9.17) is 4.74 Å². The lowest BCUT2D eigenvalue weighted by Gasteiger charge is -2.23. The van der Waals surface area contributed by atoms with Gasteiger partial charge in [0.15, 0.2) is 0 Å². The fourth-order valence-electron chi connectivity index (χ4n) is 3.89. The first kappa shape index (κ1) is 17.0. The van der Waals surface area contributed by atoms with Gasteiger partial charge in [-0.1, -0.05) is 18.2 Å². The Kier molecular flexibility index (Phi) is 4.64. The highest BCUT2D eigenvalue weighted by molar-refractivity contribution is 5.95. The number of anilines is 1. The molecule has 0 aromatic heterocycles. The summed E-state index contributed by atoms with van der Waals surface area (Å²) < 4.78 is 18.8. The molecule has 2 fully saturated rings. The van der Waals surface area contributed by atoms with Crippen molar-refractivity contribution in [3.05, 3.63) is 59.9 Å². The summed E-state index contributed by atoms with van der Waals surface area (Å²) in [6.07, 6.45) is 3.18. The van der Waals surface area contributed by atoms with Gasteiger partial charge in [0, 0.05) is 17.7 Å². The molecule has 1 heterocycles. The molecular formula is C21H23FN2O2. The van der Waals surface area contributed by atoms with E-state index < -0.39 is 0 Å². The van der Waals surface area contributed by atoms with Gasteiger partial charge >= 0.3 is 0 Å². The highest BCUT2D eigenvalue weighted by Crippen LogP contribution is 2.58. The Hall–Kier alpha value is -2.40. The maximum atomic E-state index is 13.2. The Balaban J connectivity index is 1.35. The van der Waals surface area contributed by atoms with Gasteiger partial charge in [-0.2, -0.15) is 0 Å². The van der Waals surface area contributed by atoms with Gasteiger partial charge in [0.25, 0.3) is 0 Å². The lowest BCUT2D eigenvalue weighted by atomic mass is 9.92. The average Bonchev–Trinajstić information content (AvgIpc) is 3.34. The molecule has 2 aromatic rings. The van der Waals surface area contributed by atoms with Crippen molar-refractivity contribution in [1.82, 2.24) is 5.32 Å². The summed E-state index contributed by atoms with van der Waals surface area (Å²) in [6, 6.07) is 13.7. The fraction of sp³-hybridized carbons (Fsp3) is 0.381. The Morgan fingerprint density at radius 1 is 1.19 bits per heavy atom. The fourth-order valence-corrected chi connectivity index (χ4v) is 3.89. The standard InChI is InChI=1S/C21H23FN2O2/c22-16-4-2-6-18(12-16)26-14-15-3-1-5-17(11-15)24-20(25)19-13-21(19)7-9-23-10-8-21/h1-6,11-12,19,23H,7-10,13-14H2,(H,24,25). The molecular weight excluding hydrogens is 331 g/mol. The molecule has 1 amide bonds. The van der Waals surface area contributed by atoms with Gasteiger partial charge in [0.05, 0.1) is 0 Å². The number of rotatable bonds is 5. The van der Waals surface area contributed by atoms with Gasteiger partial charge in [0.1, 0.15) is 18.2 Å². The molecule has 26 heavy (non-hydrogen) atoms. The predicted molar refractivity (Wildman–Crippen MR) is 98.4 cm³/mol. The van der Waals surface area contributed by atoms with Gasteiger partial charge in [-0.3, -0.25) is 4.79 Å². The molecule has 1 saturated heterocycles. The van der Waals surface area contributed by atoms with Crippen LogP contribution in [0.3, 0.4) is 0 Å².